The van der Waals surface area contributed by atoms with Gasteiger partial charge in [0, 0.05) is 18.2 Å². The summed E-state index contributed by atoms with van der Waals surface area (Å²) in [6.45, 7) is 0.0662. The number of anilines is 3. The molecule has 1 atom stereocenters. The smallest absolute Gasteiger partial charge is 0.375 e. The van der Waals surface area contributed by atoms with Gasteiger partial charge in [0.2, 0.25) is 11.8 Å². The third-order valence-electron chi connectivity index (χ3n) is 4.68. The Morgan fingerprint density at radius 2 is 1.81 bits per heavy atom. The molecule has 7 nitrogen and oxygen atoms in total. The van der Waals surface area contributed by atoms with Crippen LogP contribution in [0.4, 0.5) is 30.2 Å². The van der Waals surface area contributed by atoms with Crippen molar-refractivity contribution in [2.75, 3.05) is 28.6 Å². The van der Waals surface area contributed by atoms with Gasteiger partial charge in [-0.05, 0) is 31.2 Å². The predicted octanol–water partition coefficient (Wildman–Crippen LogP) is 3.15. The third kappa shape index (κ3) is 5.53. The lowest BCUT2D eigenvalue weighted by Crippen LogP contribution is -2.42. The van der Waals surface area contributed by atoms with Gasteiger partial charge in [-0.25, -0.2) is 0 Å². The van der Waals surface area contributed by atoms with Gasteiger partial charge >= 0.3 is 6.18 Å². The number of rotatable bonds is 5. The zero-order valence-corrected chi connectivity index (χ0v) is 16.6. The van der Waals surface area contributed by atoms with Crippen LogP contribution >= 0.6 is 0 Å². The van der Waals surface area contributed by atoms with Gasteiger partial charge in [-0.2, -0.15) is 13.2 Å². The van der Waals surface area contributed by atoms with Crippen LogP contribution in [0.15, 0.2) is 48.5 Å². The molecule has 3 amide bonds. The van der Waals surface area contributed by atoms with Crippen molar-refractivity contribution in [2.45, 2.75) is 25.6 Å². The number of carbonyl (C=O) groups is 3. The summed E-state index contributed by atoms with van der Waals surface area (Å²) >= 11 is 0. The molecule has 0 saturated carbocycles. The summed E-state index contributed by atoms with van der Waals surface area (Å²) in [5, 5.41) is 7.41. The number of amides is 3. The summed E-state index contributed by atoms with van der Waals surface area (Å²) in [7, 11) is 0. The highest BCUT2D eigenvalue weighted by Crippen LogP contribution is 2.31. The molecule has 0 saturated heterocycles. The van der Waals surface area contributed by atoms with Crippen LogP contribution in [-0.4, -0.2) is 43.0 Å². The van der Waals surface area contributed by atoms with E-state index >= 15 is 0 Å². The minimum atomic E-state index is -4.53. The van der Waals surface area contributed by atoms with Gasteiger partial charge in [0.1, 0.15) is 6.54 Å². The number of para-hydroxylation sites is 3. The largest absolute Gasteiger partial charge is 0.405 e. The van der Waals surface area contributed by atoms with E-state index in [0.717, 1.165) is 0 Å². The van der Waals surface area contributed by atoms with E-state index in [9.17, 15) is 27.6 Å². The molecule has 0 aromatic heterocycles. The zero-order valence-electron chi connectivity index (χ0n) is 16.6. The summed E-state index contributed by atoms with van der Waals surface area (Å²) in [4.78, 5) is 38.7. The van der Waals surface area contributed by atoms with E-state index in [1.807, 2.05) is 5.32 Å². The predicted molar refractivity (Wildman–Crippen MR) is 110 cm³/mol. The highest BCUT2D eigenvalue weighted by atomic mass is 19.4. The fourth-order valence-electron chi connectivity index (χ4n) is 3.33. The molecule has 3 rings (SSSR count). The molecule has 0 spiro atoms. The Morgan fingerprint density at radius 1 is 1.13 bits per heavy atom. The molecule has 0 aliphatic carbocycles. The normalized spacial score (nSPS) is 16.1. The van der Waals surface area contributed by atoms with E-state index in [4.69, 9.17) is 0 Å². The molecule has 0 fully saturated rings. The van der Waals surface area contributed by atoms with E-state index in [1.54, 1.807) is 37.3 Å². The summed E-state index contributed by atoms with van der Waals surface area (Å²) in [5.74, 6) is -1.48. The van der Waals surface area contributed by atoms with E-state index in [-0.39, 0.29) is 36.0 Å². The minimum absolute atomic E-state index is 0.0132. The highest BCUT2D eigenvalue weighted by Gasteiger charge is 2.30. The van der Waals surface area contributed by atoms with Crippen molar-refractivity contribution in [3.63, 3.8) is 0 Å². The summed E-state index contributed by atoms with van der Waals surface area (Å²) in [6.07, 6.45) is -4.42. The summed E-state index contributed by atoms with van der Waals surface area (Å²) < 4.78 is 37.2. The quantitative estimate of drug-likeness (QED) is 0.675. The number of halogens is 3. The topological polar surface area (TPSA) is 90.5 Å². The minimum Gasteiger partial charge on any atom is -0.375 e. The first-order valence-corrected chi connectivity index (χ1v) is 9.54. The van der Waals surface area contributed by atoms with Crippen molar-refractivity contribution in [3.8, 4) is 0 Å². The van der Waals surface area contributed by atoms with Gasteiger partial charge in [-0.3, -0.25) is 14.4 Å². The van der Waals surface area contributed by atoms with Gasteiger partial charge in [0.05, 0.1) is 23.5 Å². The second-order valence-corrected chi connectivity index (χ2v) is 7.08. The van der Waals surface area contributed by atoms with E-state index in [2.05, 4.69) is 10.6 Å². The van der Waals surface area contributed by atoms with Gasteiger partial charge in [0.25, 0.3) is 5.91 Å². The number of alkyl halides is 3. The number of hydrogen-bond acceptors (Lipinski definition) is 4. The van der Waals surface area contributed by atoms with Crippen molar-refractivity contribution < 1.29 is 27.6 Å². The lowest BCUT2D eigenvalue weighted by atomic mass is 10.1. The highest BCUT2D eigenvalue weighted by molar-refractivity contribution is 6.06. The maximum Gasteiger partial charge on any atom is 0.405 e. The molecule has 2 aromatic rings. The molecule has 164 valence electrons. The summed E-state index contributed by atoms with van der Waals surface area (Å²) in [6, 6.07) is 12.5. The van der Waals surface area contributed by atoms with Crippen LogP contribution in [0.1, 0.15) is 23.7 Å². The van der Waals surface area contributed by atoms with E-state index in [1.165, 1.54) is 23.1 Å². The average molecular weight is 434 g/mol. The number of hydrogen-bond donors (Lipinski definition) is 3. The molecule has 2 aromatic carbocycles. The number of nitrogens with one attached hydrogen (secondary N) is 3. The molecule has 1 aliphatic heterocycles. The molecule has 0 bridgehead atoms. The molecule has 31 heavy (non-hydrogen) atoms. The molecular weight excluding hydrogens is 413 g/mol. The number of carbonyl (C=O) groups excluding carboxylic acids is 3. The third-order valence-corrected chi connectivity index (χ3v) is 4.68. The first-order valence-electron chi connectivity index (χ1n) is 9.54. The average Bonchev–Trinajstić information content (AvgIpc) is 2.84. The first-order chi connectivity index (χ1) is 14.7. The van der Waals surface area contributed by atoms with Crippen LogP contribution in [-0.2, 0) is 9.59 Å². The Morgan fingerprint density at radius 3 is 2.55 bits per heavy atom. The van der Waals surface area contributed by atoms with Crippen LogP contribution in [0.5, 0.6) is 0 Å². The van der Waals surface area contributed by atoms with Crippen molar-refractivity contribution in [3.05, 3.63) is 54.1 Å². The van der Waals surface area contributed by atoms with Gasteiger partial charge in [-0.1, -0.05) is 24.3 Å². The zero-order chi connectivity index (χ0) is 22.6. The molecule has 1 aliphatic rings. The Kier molecular flexibility index (Phi) is 6.47. The molecular formula is C21H21F3N4O3. The number of fused-ring (bicyclic) bond motifs is 1. The maximum absolute atomic E-state index is 13.0. The summed E-state index contributed by atoms with van der Waals surface area (Å²) in [5.41, 5.74) is 1.27. The SMILES string of the molecule is C[C@@H]1CC(=O)Nc2ccccc2N1C(=O)CNc1ccccc1C(=O)NCC(F)(F)F. The Balaban J connectivity index is 1.75. The number of nitrogens with zero attached hydrogens (tertiary/aromatic N) is 1. The monoisotopic (exact) mass is 434 g/mol. The molecule has 3 N–H and O–H groups in total. The standard InChI is InChI=1S/C21H21F3N4O3/c1-13-10-18(29)27-16-8-4-5-9-17(16)28(13)19(30)11-25-15-7-3-2-6-14(15)20(31)26-12-21(22,23)24/h2-9,13,25H,10-12H2,1H3,(H,26,31)(H,27,29)/t13-/m1/s1. The van der Waals surface area contributed by atoms with Crippen LogP contribution in [0.3, 0.4) is 0 Å². The molecule has 0 unspecified atom stereocenters. The van der Waals surface area contributed by atoms with Gasteiger partial charge in [-0.15, -0.1) is 0 Å². The van der Waals surface area contributed by atoms with Crippen LogP contribution < -0.4 is 20.9 Å². The maximum atomic E-state index is 13.0. The Bertz CT molecular complexity index is 994. The van der Waals surface area contributed by atoms with Crippen LogP contribution in [0.2, 0.25) is 0 Å². The Hall–Kier alpha value is -3.56. The lowest BCUT2D eigenvalue weighted by Gasteiger charge is -2.28. The number of benzene rings is 2. The van der Waals surface area contributed by atoms with Crippen molar-refractivity contribution in [1.29, 1.82) is 0 Å². The van der Waals surface area contributed by atoms with Crippen molar-refractivity contribution in [1.82, 2.24) is 5.32 Å². The second-order valence-electron chi connectivity index (χ2n) is 7.08. The van der Waals surface area contributed by atoms with Crippen LogP contribution in [0.25, 0.3) is 0 Å². The van der Waals surface area contributed by atoms with Crippen LogP contribution in [0, 0.1) is 0 Å². The lowest BCUT2D eigenvalue weighted by molar-refractivity contribution is -0.123. The molecule has 10 heteroatoms. The van der Waals surface area contributed by atoms with Gasteiger partial charge in [0.15, 0.2) is 0 Å². The fourth-order valence-corrected chi connectivity index (χ4v) is 3.33. The van der Waals surface area contributed by atoms with Gasteiger partial charge < -0.3 is 20.9 Å². The first kappa shape index (κ1) is 22.1. The van der Waals surface area contributed by atoms with Crippen molar-refractivity contribution >= 4 is 34.8 Å². The Labute approximate surface area is 176 Å². The fraction of sp³-hybridized carbons (Fsp3) is 0.286. The molecule has 1 heterocycles. The van der Waals surface area contributed by atoms with E-state index < -0.39 is 24.7 Å². The second kappa shape index (κ2) is 9.07. The van der Waals surface area contributed by atoms with Crippen molar-refractivity contribution in [2.24, 2.45) is 0 Å². The van der Waals surface area contributed by atoms with E-state index in [0.29, 0.717) is 11.4 Å². The molecule has 0 radical (unpaired) electrons.